The van der Waals surface area contributed by atoms with Crippen LogP contribution in [0.15, 0.2) is 34.8 Å². The average molecular weight is 324 g/mol. The molecular weight excluding hydrogens is 309 g/mol. The van der Waals surface area contributed by atoms with Crippen LogP contribution in [0.2, 0.25) is 0 Å². The Balaban J connectivity index is 2.25. The van der Waals surface area contributed by atoms with E-state index in [-0.39, 0.29) is 5.82 Å². The Labute approximate surface area is 120 Å². The van der Waals surface area contributed by atoms with E-state index in [0.29, 0.717) is 4.47 Å². The Morgan fingerprint density at radius 2 is 2.00 bits per heavy atom. The van der Waals surface area contributed by atoms with Gasteiger partial charge in [-0.2, -0.15) is 0 Å². The molecule has 0 amide bonds. The highest BCUT2D eigenvalue weighted by atomic mass is 79.9. The third-order valence-corrected chi connectivity index (χ3v) is 3.24. The highest BCUT2D eigenvalue weighted by Gasteiger charge is 2.06. The number of anilines is 3. The summed E-state index contributed by atoms with van der Waals surface area (Å²) in [4.78, 5) is 4.42. The fraction of sp³-hybridized carbons (Fsp3) is 0.214. The van der Waals surface area contributed by atoms with Crippen molar-refractivity contribution < 1.29 is 4.39 Å². The molecule has 0 bridgehead atoms. The Morgan fingerprint density at radius 3 is 2.74 bits per heavy atom. The van der Waals surface area contributed by atoms with Gasteiger partial charge in [-0.25, -0.2) is 9.37 Å². The molecular formula is C14H15BrFN3. The third kappa shape index (κ3) is 3.44. The first-order valence-corrected chi connectivity index (χ1v) is 6.83. The van der Waals surface area contributed by atoms with Gasteiger partial charge < -0.3 is 10.6 Å². The second kappa shape index (κ2) is 6.02. The van der Waals surface area contributed by atoms with Gasteiger partial charge in [-0.3, -0.25) is 0 Å². The number of benzene rings is 1. The Hall–Kier alpha value is -1.62. The van der Waals surface area contributed by atoms with Crippen LogP contribution >= 0.6 is 15.9 Å². The van der Waals surface area contributed by atoms with Crippen molar-refractivity contribution in [2.75, 3.05) is 17.2 Å². The molecule has 0 unspecified atom stereocenters. The average Bonchev–Trinajstić information content (AvgIpc) is 2.37. The minimum atomic E-state index is -0.266. The van der Waals surface area contributed by atoms with E-state index in [0.717, 1.165) is 29.4 Å². The Kier molecular flexibility index (Phi) is 4.37. The van der Waals surface area contributed by atoms with Gasteiger partial charge in [0.15, 0.2) is 0 Å². The van der Waals surface area contributed by atoms with Crippen molar-refractivity contribution in [1.29, 1.82) is 0 Å². The number of aromatic nitrogens is 1. The molecule has 0 radical (unpaired) electrons. The molecule has 0 aliphatic rings. The summed E-state index contributed by atoms with van der Waals surface area (Å²) in [5, 5.41) is 6.34. The van der Waals surface area contributed by atoms with E-state index in [2.05, 4.69) is 31.5 Å². The van der Waals surface area contributed by atoms with Crippen LogP contribution in [0.4, 0.5) is 21.7 Å². The maximum absolute atomic E-state index is 13.4. The molecule has 0 spiro atoms. The lowest BCUT2D eigenvalue weighted by Gasteiger charge is -2.11. The molecule has 2 aromatic rings. The molecule has 0 aliphatic carbocycles. The van der Waals surface area contributed by atoms with Crippen LogP contribution in [0.3, 0.4) is 0 Å². The van der Waals surface area contributed by atoms with Gasteiger partial charge in [0.2, 0.25) is 0 Å². The van der Waals surface area contributed by atoms with Crippen molar-refractivity contribution >= 4 is 33.3 Å². The number of hydrogen-bond acceptors (Lipinski definition) is 3. The van der Waals surface area contributed by atoms with Gasteiger partial charge in [0.05, 0.1) is 4.47 Å². The number of hydrogen-bond donors (Lipinski definition) is 2. The van der Waals surface area contributed by atoms with Crippen molar-refractivity contribution in [1.82, 2.24) is 4.98 Å². The van der Waals surface area contributed by atoms with Crippen molar-refractivity contribution in [3.05, 3.63) is 46.2 Å². The molecule has 19 heavy (non-hydrogen) atoms. The maximum atomic E-state index is 13.4. The molecule has 1 aromatic heterocycles. The minimum Gasteiger partial charge on any atom is -0.370 e. The fourth-order valence-electron chi connectivity index (χ4n) is 1.70. The van der Waals surface area contributed by atoms with Crippen LogP contribution in [0, 0.1) is 12.7 Å². The van der Waals surface area contributed by atoms with Gasteiger partial charge >= 0.3 is 0 Å². The monoisotopic (exact) mass is 323 g/mol. The second-order valence-electron chi connectivity index (χ2n) is 4.14. The van der Waals surface area contributed by atoms with E-state index in [1.807, 2.05) is 32.0 Å². The summed E-state index contributed by atoms with van der Waals surface area (Å²) < 4.78 is 13.8. The first-order chi connectivity index (χ1) is 9.10. The second-order valence-corrected chi connectivity index (χ2v) is 5.00. The molecule has 0 fully saturated rings. The molecule has 0 saturated heterocycles. The highest BCUT2D eigenvalue weighted by Crippen LogP contribution is 2.26. The van der Waals surface area contributed by atoms with E-state index in [4.69, 9.17) is 0 Å². The lowest BCUT2D eigenvalue weighted by atomic mass is 10.2. The Morgan fingerprint density at radius 1 is 1.26 bits per heavy atom. The summed E-state index contributed by atoms with van der Waals surface area (Å²) in [6.07, 6.45) is 0. The van der Waals surface area contributed by atoms with Crippen LogP contribution in [-0.2, 0) is 0 Å². The largest absolute Gasteiger partial charge is 0.370 e. The summed E-state index contributed by atoms with van der Waals surface area (Å²) in [5.74, 6) is 1.27. The van der Waals surface area contributed by atoms with Crippen LogP contribution < -0.4 is 10.6 Å². The topological polar surface area (TPSA) is 37.0 Å². The zero-order valence-corrected chi connectivity index (χ0v) is 12.4. The molecule has 2 N–H and O–H groups in total. The summed E-state index contributed by atoms with van der Waals surface area (Å²) in [6.45, 7) is 4.69. The summed E-state index contributed by atoms with van der Waals surface area (Å²) in [5.41, 5.74) is 1.66. The Bertz CT molecular complexity index is 587. The normalized spacial score (nSPS) is 10.3. The molecule has 1 aromatic carbocycles. The molecule has 0 aliphatic heterocycles. The van der Waals surface area contributed by atoms with E-state index in [9.17, 15) is 4.39 Å². The van der Waals surface area contributed by atoms with Crippen molar-refractivity contribution in [2.24, 2.45) is 0 Å². The maximum Gasteiger partial charge on any atom is 0.137 e. The number of halogens is 2. The minimum absolute atomic E-state index is 0.266. The molecule has 1 heterocycles. The van der Waals surface area contributed by atoms with Crippen LogP contribution in [0.1, 0.15) is 12.5 Å². The van der Waals surface area contributed by atoms with E-state index < -0.39 is 0 Å². The van der Waals surface area contributed by atoms with E-state index in [1.165, 1.54) is 6.07 Å². The van der Waals surface area contributed by atoms with Gasteiger partial charge in [-0.1, -0.05) is 6.07 Å². The molecule has 0 atom stereocenters. The first-order valence-electron chi connectivity index (χ1n) is 6.03. The molecule has 100 valence electrons. The third-order valence-electron chi connectivity index (χ3n) is 2.64. The van der Waals surface area contributed by atoms with E-state index >= 15 is 0 Å². The number of rotatable bonds is 4. The van der Waals surface area contributed by atoms with Gasteiger partial charge in [0, 0.05) is 12.2 Å². The number of nitrogens with one attached hydrogen (secondary N) is 2. The molecule has 2 rings (SSSR count). The first kappa shape index (κ1) is 13.8. The van der Waals surface area contributed by atoms with E-state index in [1.54, 1.807) is 6.07 Å². The standard InChI is InChI=1S/C14H15BrFN3/c1-3-17-13-5-4-6-14(19-13)18-12-8-10(15)11(16)7-9(12)2/h4-8H,3H2,1-2H3,(H2,17,18,19). The van der Waals surface area contributed by atoms with Gasteiger partial charge in [-0.05, 0) is 59.6 Å². The summed E-state index contributed by atoms with van der Waals surface area (Å²) in [6, 6.07) is 8.90. The lowest BCUT2D eigenvalue weighted by molar-refractivity contribution is 0.620. The zero-order chi connectivity index (χ0) is 13.8. The summed E-state index contributed by atoms with van der Waals surface area (Å²) >= 11 is 3.19. The predicted octanol–water partition coefficient (Wildman–Crippen LogP) is 4.47. The SMILES string of the molecule is CCNc1cccc(Nc2cc(Br)c(F)cc2C)n1. The predicted molar refractivity (Wildman–Crippen MR) is 80.5 cm³/mol. The zero-order valence-electron chi connectivity index (χ0n) is 10.8. The lowest BCUT2D eigenvalue weighted by Crippen LogP contribution is -2.02. The fourth-order valence-corrected chi connectivity index (χ4v) is 2.05. The number of nitrogens with zero attached hydrogens (tertiary/aromatic N) is 1. The molecule has 0 saturated carbocycles. The number of aryl methyl sites for hydroxylation is 1. The smallest absolute Gasteiger partial charge is 0.137 e. The quantitative estimate of drug-likeness (QED) is 0.871. The van der Waals surface area contributed by atoms with Gasteiger partial charge in [0.1, 0.15) is 17.5 Å². The molecule has 5 heteroatoms. The van der Waals surface area contributed by atoms with Crippen molar-refractivity contribution in [3.63, 3.8) is 0 Å². The van der Waals surface area contributed by atoms with Crippen LogP contribution in [0.25, 0.3) is 0 Å². The van der Waals surface area contributed by atoms with Crippen molar-refractivity contribution in [3.8, 4) is 0 Å². The number of pyridine rings is 1. The van der Waals surface area contributed by atoms with Gasteiger partial charge in [0.25, 0.3) is 0 Å². The van der Waals surface area contributed by atoms with Crippen LogP contribution in [-0.4, -0.2) is 11.5 Å². The van der Waals surface area contributed by atoms with Gasteiger partial charge in [-0.15, -0.1) is 0 Å². The molecule has 3 nitrogen and oxygen atoms in total. The summed E-state index contributed by atoms with van der Waals surface area (Å²) in [7, 11) is 0. The van der Waals surface area contributed by atoms with Crippen LogP contribution in [0.5, 0.6) is 0 Å². The highest BCUT2D eigenvalue weighted by molar-refractivity contribution is 9.10. The van der Waals surface area contributed by atoms with Crippen molar-refractivity contribution in [2.45, 2.75) is 13.8 Å².